The Labute approximate surface area is 204 Å². The quantitative estimate of drug-likeness (QED) is 0.120. The normalized spacial score (nSPS) is 11.3. The fourth-order valence-corrected chi connectivity index (χ4v) is 4.67. The average Bonchev–Trinajstić information content (AvgIpc) is 2.82. The Bertz CT molecular complexity index is 465. The molecule has 32 heavy (non-hydrogen) atoms. The summed E-state index contributed by atoms with van der Waals surface area (Å²) in [6.45, 7) is 4.59. The van der Waals surface area contributed by atoms with Crippen molar-refractivity contribution >= 4 is 10.2 Å². The molecule has 1 aromatic carbocycles. The Morgan fingerprint density at radius 1 is 0.531 bits per heavy atom. The molecule has 1 aromatic rings. The van der Waals surface area contributed by atoms with Crippen molar-refractivity contribution in [3.8, 4) is 0 Å². The van der Waals surface area contributed by atoms with E-state index in [1.807, 2.05) is 0 Å². The summed E-state index contributed by atoms with van der Waals surface area (Å²) < 4.78 is 0. The standard InChI is InChI=1S/C29H53N2Si/c32-27-21-16-14-12-10-8-6-4-2-1-3-5-7-9-11-13-15-20-24-30-25-26-31-28-29-22-18-17-19-23-29/h17-19,22-23,30-31H,1-16,20-21,24-28H2/p+1. The number of unbranched alkanes of at least 4 members (excludes halogenated alkanes) is 17. The molecule has 0 aliphatic carbocycles. The Kier molecular flexibility index (Phi) is 22.9. The van der Waals surface area contributed by atoms with Gasteiger partial charge in [-0.2, -0.15) is 0 Å². The van der Waals surface area contributed by atoms with E-state index < -0.39 is 0 Å². The maximum Gasteiger partial charge on any atom is 0.101 e. The van der Waals surface area contributed by atoms with E-state index in [2.05, 4.69) is 51.2 Å². The lowest BCUT2D eigenvalue weighted by Crippen LogP contribution is -2.84. The van der Waals surface area contributed by atoms with Gasteiger partial charge in [-0.25, -0.2) is 0 Å². The molecule has 2 nitrogen and oxygen atoms in total. The first-order valence-electron chi connectivity index (χ1n) is 14.1. The predicted octanol–water partition coefficient (Wildman–Crippen LogP) is 6.95. The minimum absolute atomic E-state index is 1.10. The van der Waals surface area contributed by atoms with Crippen LogP contribution in [0.5, 0.6) is 0 Å². The number of hydrogen-bond acceptors (Lipinski definition) is 1. The molecule has 0 amide bonds. The predicted molar refractivity (Wildman–Crippen MR) is 143 cm³/mol. The molecule has 3 radical (unpaired) electrons. The molecule has 0 saturated carbocycles. The molecule has 0 spiro atoms. The van der Waals surface area contributed by atoms with Crippen LogP contribution in [-0.2, 0) is 6.54 Å². The maximum absolute atomic E-state index is 3.60. The van der Waals surface area contributed by atoms with Crippen LogP contribution in [0, 0.1) is 0 Å². The molecular weight excluding hydrogens is 404 g/mol. The summed E-state index contributed by atoms with van der Waals surface area (Å²) in [4.78, 5) is 0. The molecule has 1 rings (SSSR count). The number of quaternary nitrogens is 1. The summed E-state index contributed by atoms with van der Waals surface area (Å²) in [7, 11) is 3.56. The summed E-state index contributed by atoms with van der Waals surface area (Å²) in [5, 5.41) is 6.00. The second kappa shape index (κ2) is 25.0. The number of nitrogens with one attached hydrogen (secondary N) is 1. The first-order valence-corrected chi connectivity index (χ1v) is 14.8. The van der Waals surface area contributed by atoms with Crippen LogP contribution in [0.25, 0.3) is 0 Å². The highest BCUT2D eigenvalue weighted by Gasteiger charge is 1.96. The highest BCUT2D eigenvalue weighted by molar-refractivity contribution is 6.08. The monoisotopic (exact) mass is 458 g/mol. The second-order valence-electron chi connectivity index (χ2n) is 9.63. The zero-order chi connectivity index (χ0) is 22.8. The summed E-state index contributed by atoms with van der Waals surface area (Å²) in [5.41, 5.74) is 1.42. The van der Waals surface area contributed by atoms with Crippen LogP contribution in [0.2, 0.25) is 6.04 Å². The molecule has 0 bridgehead atoms. The van der Waals surface area contributed by atoms with Crippen LogP contribution >= 0.6 is 0 Å². The lowest BCUT2D eigenvalue weighted by Gasteiger charge is -2.05. The molecule has 0 aromatic heterocycles. The molecule has 0 unspecified atom stereocenters. The molecule has 0 aliphatic rings. The number of nitrogens with two attached hydrogens (primary N) is 1. The molecule has 183 valence electrons. The van der Waals surface area contributed by atoms with Gasteiger partial charge < -0.3 is 10.6 Å². The van der Waals surface area contributed by atoms with Crippen LogP contribution in [0.1, 0.15) is 121 Å². The van der Waals surface area contributed by atoms with Gasteiger partial charge in [0, 0.05) is 22.4 Å². The molecular formula is C29H54N2Si+. The zero-order valence-corrected chi connectivity index (χ0v) is 22.2. The molecule has 0 atom stereocenters. The minimum atomic E-state index is 1.10. The van der Waals surface area contributed by atoms with Gasteiger partial charge in [0.25, 0.3) is 0 Å². The van der Waals surface area contributed by atoms with E-state index in [-0.39, 0.29) is 0 Å². The third-order valence-corrected chi connectivity index (χ3v) is 6.88. The van der Waals surface area contributed by atoms with Crippen molar-refractivity contribution in [1.82, 2.24) is 5.32 Å². The largest absolute Gasteiger partial charge is 0.341 e. The van der Waals surface area contributed by atoms with Gasteiger partial charge in [-0.3, -0.25) is 0 Å². The average molecular weight is 459 g/mol. The van der Waals surface area contributed by atoms with Crippen LogP contribution in [-0.4, -0.2) is 29.9 Å². The molecule has 3 N–H and O–H groups in total. The fraction of sp³-hybridized carbons (Fsp3) is 0.793. The van der Waals surface area contributed by atoms with Gasteiger partial charge in [0.2, 0.25) is 0 Å². The van der Waals surface area contributed by atoms with Crippen LogP contribution in [0.3, 0.4) is 0 Å². The van der Waals surface area contributed by atoms with Crippen molar-refractivity contribution in [2.45, 2.75) is 128 Å². The lowest BCUT2D eigenvalue weighted by molar-refractivity contribution is -0.668. The smallest absolute Gasteiger partial charge is 0.101 e. The van der Waals surface area contributed by atoms with E-state index in [0.717, 1.165) is 13.1 Å². The molecule has 3 heteroatoms. The summed E-state index contributed by atoms with van der Waals surface area (Å²) >= 11 is 0. The second-order valence-corrected chi connectivity index (χ2v) is 10.1. The maximum atomic E-state index is 3.60. The SMILES string of the molecule is [Si]CCCCCCCCCCCCCCCCCCCCNCC[NH2+]Cc1ccccc1. The molecule has 0 heterocycles. The topological polar surface area (TPSA) is 28.6 Å². The van der Waals surface area contributed by atoms with E-state index in [9.17, 15) is 0 Å². The van der Waals surface area contributed by atoms with Gasteiger partial charge >= 0.3 is 0 Å². The van der Waals surface area contributed by atoms with Crippen LogP contribution in [0.15, 0.2) is 30.3 Å². The van der Waals surface area contributed by atoms with E-state index in [0.29, 0.717) is 0 Å². The summed E-state index contributed by atoms with van der Waals surface area (Å²) in [6.07, 6.45) is 25.9. The zero-order valence-electron chi connectivity index (χ0n) is 21.2. The van der Waals surface area contributed by atoms with Crippen molar-refractivity contribution in [2.24, 2.45) is 0 Å². The Balaban J connectivity index is 1.64. The van der Waals surface area contributed by atoms with Gasteiger partial charge in [-0.05, 0) is 13.0 Å². The van der Waals surface area contributed by atoms with E-state index >= 15 is 0 Å². The van der Waals surface area contributed by atoms with E-state index in [4.69, 9.17) is 0 Å². The molecule has 0 aliphatic heterocycles. The van der Waals surface area contributed by atoms with Crippen molar-refractivity contribution in [3.63, 3.8) is 0 Å². The number of benzene rings is 1. The highest BCUT2D eigenvalue weighted by Crippen LogP contribution is 2.14. The highest BCUT2D eigenvalue weighted by atomic mass is 28.1. The third-order valence-electron chi connectivity index (χ3n) is 6.53. The van der Waals surface area contributed by atoms with Crippen LogP contribution in [0.4, 0.5) is 0 Å². The Morgan fingerprint density at radius 2 is 0.969 bits per heavy atom. The van der Waals surface area contributed by atoms with Gasteiger partial charge in [-0.15, -0.1) is 0 Å². The summed E-state index contributed by atoms with van der Waals surface area (Å²) in [6, 6.07) is 11.9. The summed E-state index contributed by atoms with van der Waals surface area (Å²) in [5.74, 6) is 0. The first-order chi connectivity index (χ1) is 15.9. The third kappa shape index (κ3) is 21.2. The Morgan fingerprint density at radius 3 is 1.44 bits per heavy atom. The first kappa shape index (κ1) is 29.4. The fourth-order valence-electron chi connectivity index (χ4n) is 4.42. The van der Waals surface area contributed by atoms with Crippen molar-refractivity contribution < 1.29 is 5.32 Å². The number of hydrogen-bond donors (Lipinski definition) is 2. The number of rotatable bonds is 25. The van der Waals surface area contributed by atoms with Gasteiger partial charge in [0.05, 0.1) is 6.54 Å². The minimum Gasteiger partial charge on any atom is -0.341 e. The van der Waals surface area contributed by atoms with E-state index in [1.54, 1.807) is 0 Å². The molecule has 0 saturated heterocycles. The Hall–Kier alpha value is -0.643. The van der Waals surface area contributed by atoms with Gasteiger partial charge in [0.1, 0.15) is 6.54 Å². The van der Waals surface area contributed by atoms with Crippen molar-refractivity contribution in [2.75, 3.05) is 19.6 Å². The van der Waals surface area contributed by atoms with Crippen molar-refractivity contribution in [3.05, 3.63) is 35.9 Å². The van der Waals surface area contributed by atoms with Gasteiger partial charge in [0.15, 0.2) is 0 Å². The lowest BCUT2D eigenvalue weighted by atomic mass is 10.0. The van der Waals surface area contributed by atoms with Crippen LogP contribution < -0.4 is 10.6 Å². The van der Waals surface area contributed by atoms with Crippen molar-refractivity contribution in [1.29, 1.82) is 0 Å². The molecule has 0 fully saturated rings. The van der Waals surface area contributed by atoms with E-state index in [1.165, 1.54) is 140 Å². The van der Waals surface area contributed by atoms with Gasteiger partial charge in [-0.1, -0.05) is 146 Å².